The summed E-state index contributed by atoms with van der Waals surface area (Å²) in [5.41, 5.74) is 0.856. The summed E-state index contributed by atoms with van der Waals surface area (Å²) in [6.07, 6.45) is -0.588. The summed E-state index contributed by atoms with van der Waals surface area (Å²) in [7, 11) is 0. The summed E-state index contributed by atoms with van der Waals surface area (Å²) in [5, 5.41) is 0. The minimum atomic E-state index is -4.80. The van der Waals surface area contributed by atoms with Crippen LogP contribution in [0, 0.1) is 0 Å². The molecule has 0 aliphatic carbocycles. The maximum Gasteiger partial charge on any atom is 1.00 e. The number of ether oxygens (including phenoxy) is 1. The number of benzene rings is 1. The maximum atomic E-state index is 12.6. The summed E-state index contributed by atoms with van der Waals surface area (Å²) in [6.45, 7) is -4.44. The van der Waals surface area contributed by atoms with Gasteiger partial charge in [0.05, 0.1) is 0 Å². The van der Waals surface area contributed by atoms with E-state index < -0.39 is 18.9 Å². The molecule has 0 radical (unpaired) electrons. The molecule has 1 saturated heterocycles. The van der Waals surface area contributed by atoms with Gasteiger partial charge in [-0.3, -0.25) is 0 Å². The summed E-state index contributed by atoms with van der Waals surface area (Å²) in [6, 6.07) is 9.17. The molecule has 110 valence electrons. The molecule has 0 saturated carbocycles. The zero-order valence-electron chi connectivity index (χ0n) is 12.0. The van der Waals surface area contributed by atoms with Gasteiger partial charge in [0.25, 0.3) is 0 Å². The van der Waals surface area contributed by atoms with Gasteiger partial charge in [-0.25, -0.2) is 4.79 Å². The molecule has 0 N–H and O–H groups in total. The van der Waals surface area contributed by atoms with Gasteiger partial charge in [0.1, 0.15) is 6.61 Å². The number of amides is 1. The molecular weight excluding hydrogens is 309 g/mol. The minimum absolute atomic E-state index is 0. The second kappa shape index (κ2) is 8.57. The smallest absolute Gasteiger partial charge is 0.449 e. The Morgan fingerprint density at radius 2 is 1.76 bits per heavy atom. The standard InChI is InChI=1S/C13H16BF3NO2.K/c15-14(16,17)12-6-8-18(9-7-12)13(19)20-10-11-4-2-1-3-5-11;/h1-5,12H,6-10H2;/q-1;+1. The predicted molar refractivity (Wildman–Crippen MR) is 70.3 cm³/mol. The van der Waals surface area contributed by atoms with Gasteiger partial charge in [0, 0.05) is 13.1 Å². The number of rotatable bonds is 3. The maximum absolute atomic E-state index is 12.6. The molecule has 21 heavy (non-hydrogen) atoms. The van der Waals surface area contributed by atoms with Crippen LogP contribution >= 0.6 is 0 Å². The molecule has 8 heteroatoms. The number of carbonyl (C=O) groups is 1. The van der Waals surface area contributed by atoms with Crippen LogP contribution in [0.3, 0.4) is 0 Å². The second-order valence-electron chi connectivity index (χ2n) is 4.99. The average Bonchev–Trinajstić information content (AvgIpc) is 2.45. The van der Waals surface area contributed by atoms with Crippen LogP contribution in [0.2, 0.25) is 5.82 Å². The van der Waals surface area contributed by atoms with Crippen molar-refractivity contribution in [3.05, 3.63) is 35.9 Å². The van der Waals surface area contributed by atoms with E-state index in [9.17, 15) is 17.7 Å². The van der Waals surface area contributed by atoms with Gasteiger partial charge in [-0.2, -0.15) is 0 Å². The van der Waals surface area contributed by atoms with Crippen molar-refractivity contribution in [1.29, 1.82) is 0 Å². The van der Waals surface area contributed by atoms with Crippen molar-refractivity contribution in [3.63, 3.8) is 0 Å². The Morgan fingerprint density at radius 1 is 1.19 bits per heavy atom. The topological polar surface area (TPSA) is 29.5 Å². The zero-order chi connectivity index (χ0) is 14.6. The molecular formula is C13H16BF3KNO2. The van der Waals surface area contributed by atoms with E-state index in [1.54, 1.807) is 0 Å². The van der Waals surface area contributed by atoms with Crippen molar-refractivity contribution >= 4 is 13.1 Å². The summed E-state index contributed by atoms with van der Waals surface area (Å²) >= 11 is 0. The number of likely N-dealkylation sites (tertiary alicyclic amines) is 1. The minimum Gasteiger partial charge on any atom is -0.449 e. The van der Waals surface area contributed by atoms with E-state index in [2.05, 4.69) is 0 Å². The van der Waals surface area contributed by atoms with Gasteiger partial charge in [-0.05, 0) is 5.56 Å². The Kier molecular flexibility index (Phi) is 7.77. The molecule has 1 aromatic carbocycles. The van der Waals surface area contributed by atoms with Gasteiger partial charge >= 0.3 is 64.5 Å². The van der Waals surface area contributed by atoms with Crippen LogP contribution in [0.25, 0.3) is 0 Å². The van der Waals surface area contributed by atoms with Crippen LogP contribution in [0.15, 0.2) is 30.3 Å². The van der Waals surface area contributed by atoms with Crippen molar-refractivity contribution < 1.29 is 73.9 Å². The molecule has 0 unspecified atom stereocenters. The fourth-order valence-corrected chi connectivity index (χ4v) is 2.27. The molecule has 2 rings (SSSR count). The number of nitrogens with zero attached hydrogens (tertiary/aromatic N) is 1. The van der Waals surface area contributed by atoms with Crippen LogP contribution in [0.5, 0.6) is 0 Å². The molecule has 0 bridgehead atoms. The third-order valence-electron chi connectivity index (χ3n) is 3.54. The third kappa shape index (κ3) is 5.94. The number of hydrogen-bond donors (Lipinski definition) is 0. The Bertz CT molecular complexity index is 450. The van der Waals surface area contributed by atoms with Crippen LogP contribution in [0.4, 0.5) is 17.7 Å². The van der Waals surface area contributed by atoms with E-state index in [-0.39, 0.29) is 83.9 Å². The van der Waals surface area contributed by atoms with Crippen molar-refractivity contribution in [2.45, 2.75) is 25.3 Å². The van der Waals surface area contributed by atoms with E-state index in [1.165, 1.54) is 4.90 Å². The van der Waals surface area contributed by atoms with Crippen molar-refractivity contribution in [1.82, 2.24) is 4.90 Å². The van der Waals surface area contributed by atoms with Gasteiger partial charge in [-0.15, -0.1) is 0 Å². The van der Waals surface area contributed by atoms with Crippen molar-refractivity contribution in [2.24, 2.45) is 0 Å². The molecule has 1 fully saturated rings. The first-order valence-corrected chi connectivity index (χ1v) is 6.62. The fraction of sp³-hybridized carbons (Fsp3) is 0.462. The quantitative estimate of drug-likeness (QED) is 0.764. The van der Waals surface area contributed by atoms with E-state index in [1.807, 2.05) is 30.3 Å². The first-order chi connectivity index (χ1) is 9.47. The van der Waals surface area contributed by atoms with Crippen molar-refractivity contribution in [3.8, 4) is 0 Å². The zero-order valence-corrected chi connectivity index (χ0v) is 15.1. The van der Waals surface area contributed by atoms with Gasteiger partial charge in [-0.1, -0.05) is 49.0 Å². The first-order valence-electron chi connectivity index (χ1n) is 6.62. The fourth-order valence-electron chi connectivity index (χ4n) is 2.27. The summed E-state index contributed by atoms with van der Waals surface area (Å²) in [5.74, 6) is -1.24. The second-order valence-corrected chi connectivity index (χ2v) is 4.99. The number of halogens is 3. The largest absolute Gasteiger partial charge is 1.00 e. The Labute approximate surface area is 164 Å². The molecule has 1 aromatic rings. The van der Waals surface area contributed by atoms with E-state index in [4.69, 9.17) is 4.74 Å². The van der Waals surface area contributed by atoms with Gasteiger partial charge in [0.2, 0.25) is 0 Å². The molecule has 1 amide bonds. The molecule has 0 aromatic heterocycles. The monoisotopic (exact) mass is 325 g/mol. The van der Waals surface area contributed by atoms with Gasteiger partial charge in [0.15, 0.2) is 0 Å². The van der Waals surface area contributed by atoms with Crippen LogP contribution in [-0.4, -0.2) is 31.1 Å². The molecule has 1 aliphatic rings. The number of piperidine rings is 1. The molecule has 3 nitrogen and oxygen atoms in total. The summed E-state index contributed by atoms with van der Waals surface area (Å²) in [4.78, 5) is 13.1. The molecule has 1 aliphatic heterocycles. The molecule has 0 spiro atoms. The Morgan fingerprint density at radius 3 is 2.29 bits per heavy atom. The predicted octanol–water partition coefficient (Wildman–Crippen LogP) is 0.641. The SMILES string of the molecule is O=C(OCc1ccccc1)N1CCC([B-](F)(F)F)CC1.[K+]. The Balaban J connectivity index is 0.00000220. The molecule has 0 atom stereocenters. The number of carbonyl (C=O) groups excluding carboxylic acids is 1. The third-order valence-corrected chi connectivity index (χ3v) is 3.54. The number of hydrogen-bond acceptors (Lipinski definition) is 2. The van der Waals surface area contributed by atoms with Crippen molar-refractivity contribution in [2.75, 3.05) is 13.1 Å². The van der Waals surface area contributed by atoms with E-state index in [0.717, 1.165) is 5.56 Å². The summed E-state index contributed by atoms with van der Waals surface area (Å²) < 4.78 is 42.8. The Hall–Kier alpha value is -0.0187. The van der Waals surface area contributed by atoms with Crippen LogP contribution in [-0.2, 0) is 11.3 Å². The first kappa shape index (κ1) is 19.0. The normalized spacial score (nSPS) is 16.2. The van der Waals surface area contributed by atoms with Gasteiger partial charge < -0.3 is 22.6 Å². The van der Waals surface area contributed by atoms with Crippen LogP contribution in [0.1, 0.15) is 18.4 Å². The van der Waals surface area contributed by atoms with E-state index in [0.29, 0.717) is 0 Å². The molecule has 1 heterocycles. The average molecular weight is 325 g/mol. The van der Waals surface area contributed by atoms with E-state index >= 15 is 0 Å². The van der Waals surface area contributed by atoms with Crippen LogP contribution < -0.4 is 51.4 Å².